The molecule has 0 N–H and O–H groups in total. The van der Waals surface area contributed by atoms with Gasteiger partial charge in [-0.2, -0.15) is 0 Å². The number of nitrogens with zero attached hydrogens (tertiary/aromatic N) is 2. The second-order valence-corrected chi connectivity index (χ2v) is 14.4. The Morgan fingerprint density at radius 3 is 2.24 bits per heavy atom. The normalized spacial score (nSPS) is 22.7. The SMILES string of the molecule is CC1CC=CC=C1N(c1ccc(-c2ccc(C3=Cc4c(n(-c5ccccc5)c5ccccc45)CC3)cc2)cc1)C1CCCC2C=CC=CC21. The first kappa shape index (κ1) is 30.0. The average molecular weight is 637 g/mol. The number of hydrogen-bond acceptors (Lipinski definition) is 1. The first-order valence-corrected chi connectivity index (χ1v) is 18.3. The van der Waals surface area contributed by atoms with Crippen molar-refractivity contribution in [2.45, 2.75) is 51.5 Å². The van der Waals surface area contributed by atoms with Gasteiger partial charge in [0.15, 0.2) is 0 Å². The van der Waals surface area contributed by atoms with Crippen molar-refractivity contribution in [3.63, 3.8) is 0 Å². The van der Waals surface area contributed by atoms with Crippen LogP contribution in [0.15, 0.2) is 151 Å². The number of para-hydroxylation sites is 2. The largest absolute Gasteiger partial charge is 0.341 e. The molecule has 0 amide bonds. The van der Waals surface area contributed by atoms with Gasteiger partial charge in [0.1, 0.15) is 0 Å². The number of allylic oxidation sites excluding steroid dienone is 8. The molecule has 0 spiro atoms. The molecule has 1 fully saturated rings. The van der Waals surface area contributed by atoms with Gasteiger partial charge < -0.3 is 9.47 Å². The molecule has 0 aliphatic heterocycles. The average Bonchev–Trinajstić information content (AvgIpc) is 3.50. The zero-order valence-electron chi connectivity index (χ0n) is 28.4. The molecule has 1 heterocycles. The second-order valence-electron chi connectivity index (χ2n) is 14.4. The highest BCUT2D eigenvalue weighted by molar-refractivity contribution is 5.99. The molecule has 2 nitrogen and oxygen atoms in total. The molecule has 4 atom stereocenters. The molecule has 0 radical (unpaired) electrons. The standard InChI is InChI=1S/C47H44N2/c1-33-12-5-9-19-44(33)48(45-21-11-14-37-13-6-7-17-41(37)45)40-29-26-35(27-30-40)34-22-24-36(25-23-34)38-28-31-47-43(32-38)42-18-8-10-20-46(42)49(47)39-15-3-2-4-16-39/h2-10,13,15-20,22-27,29-30,32-33,37,41,45H,11-12,14,21,28,31H2,1H3. The predicted octanol–water partition coefficient (Wildman–Crippen LogP) is 12.0. The zero-order chi connectivity index (χ0) is 32.7. The van der Waals surface area contributed by atoms with Crippen molar-refractivity contribution in [2.24, 2.45) is 17.8 Å². The van der Waals surface area contributed by atoms with Crippen LogP contribution in [-0.2, 0) is 6.42 Å². The minimum atomic E-state index is 0.483. The zero-order valence-corrected chi connectivity index (χ0v) is 28.4. The fourth-order valence-electron chi connectivity index (χ4n) is 9.03. The van der Waals surface area contributed by atoms with Crippen LogP contribution in [0.4, 0.5) is 5.69 Å². The van der Waals surface area contributed by atoms with E-state index >= 15 is 0 Å². The van der Waals surface area contributed by atoms with E-state index in [0.29, 0.717) is 23.8 Å². The molecule has 1 aromatic heterocycles. The van der Waals surface area contributed by atoms with Crippen molar-refractivity contribution in [2.75, 3.05) is 4.90 Å². The summed E-state index contributed by atoms with van der Waals surface area (Å²) in [4.78, 5) is 2.71. The Bertz CT molecular complexity index is 2140. The highest BCUT2D eigenvalue weighted by Gasteiger charge is 2.37. The minimum absolute atomic E-state index is 0.483. The monoisotopic (exact) mass is 636 g/mol. The number of fused-ring (bicyclic) bond motifs is 4. The maximum absolute atomic E-state index is 2.71. The number of hydrogen-bond donors (Lipinski definition) is 0. The summed E-state index contributed by atoms with van der Waals surface area (Å²) < 4.78 is 2.46. The van der Waals surface area contributed by atoms with Crippen LogP contribution in [0.25, 0.3) is 39.4 Å². The Kier molecular flexibility index (Phi) is 7.81. The summed E-state index contributed by atoms with van der Waals surface area (Å²) >= 11 is 0. The molecule has 49 heavy (non-hydrogen) atoms. The third kappa shape index (κ3) is 5.44. The maximum atomic E-state index is 2.71. The van der Waals surface area contributed by atoms with E-state index in [1.165, 1.54) is 80.8 Å². The molecule has 9 rings (SSSR count). The van der Waals surface area contributed by atoms with E-state index in [1.54, 1.807) is 0 Å². The van der Waals surface area contributed by atoms with Crippen LogP contribution in [0.1, 0.15) is 55.8 Å². The lowest BCUT2D eigenvalue weighted by Crippen LogP contribution is -2.46. The highest BCUT2D eigenvalue weighted by atomic mass is 15.2. The molecule has 1 saturated carbocycles. The summed E-state index contributed by atoms with van der Waals surface area (Å²) in [5.41, 5.74) is 13.4. The fraction of sp³-hybridized carbons (Fsp3) is 0.234. The Morgan fingerprint density at radius 2 is 1.43 bits per heavy atom. The summed E-state index contributed by atoms with van der Waals surface area (Å²) in [6.45, 7) is 2.39. The molecule has 0 saturated heterocycles. The topological polar surface area (TPSA) is 8.17 Å². The summed E-state index contributed by atoms with van der Waals surface area (Å²) in [5, 5.41) is 1.33. The van der Waals surface area contributed by atoms with E-state index in [4.69, 9.17) is 0 Å². The van der Waals surface area contributed by atoms with Gasteiger partial charge in [0.25, 0.3) is 0 Å². The van der Waals surface area contributed by atoms with Crippen LogP contribution in [0.3, 0.4) is 0 Å². The first-order chi connectivity index (χ1) is 24.2. The third-order valence-corrected chi connectivity index (χ3v) is 11.5. The van der Waals surface area contributed by atoms with E-state index in [1.807, 2.05) is 0 Å². The van der Waals surface area contributed by atoms with E-state index < -0.39 is 0 Å². The van der Waals surface area contributed by atoms with Gasteiger partial charge in [0.2, 0.25) is 0 Å². The second kappa shape index (κ2) is 12.7. The number of aromatic nitrogens is 1. The van der Waals surface area contributed by atoms with Crippen molar-refractivity contribution in [3.05, 3.63) is 168 Å². The molecule has 4 aromatic carbocycles. The third-order valence-electron chi connectivity index (χ3n) is 11.5. The van der Waals surface area contributed by atoms with Gasteiger partial charge in [-0.1, -0.05) is 123 Å². The van der Waals surface area contributed by atoms with Crippen molar-refractivity contribution < 1.29 is 0 Å². The van der Waals surface area contributed by atoms with Crippen LogP contribution < -0.4 is 4.90 Å². The molecule has 4 aliphatic rings. The summed E-state index contributed by atoms with van der Waals surface area (Å²) in [6.07, 6.45) is 25.9. The van der Waals surface area contributed by atoms with Gasteiger partial charge in [-0.25, -0.2) is 0 Å². The fourth-order valence-corrected chi connectivity index (χ4v) is 9.03. The lowest BCUT2D eigenvalue weighted by Gasteiger charge is -2.46. The van der Waals surface area contributed by atoms with Crippen molar-refractivity contribution >= 4 is 28.2 Å². The summed E-state index contributed by atoms with van der Waals surface area (Å²) in [6, 6.07) is 38.8. The van der Waals surface area contributed by atoms with Crippen LogP contribution in [0.2, 0.25) is 0 Å². The van der Waals surface area contributed by atoms with E-state index in [2.05, 4.69) is 168 Å². The molecule has 0 bridgehead atoms. The molecule has 5 aromatic rings. The molecule has 242 valence electrons. The quantitative estimate of drug-likeness (QED) is 0.180. The number of anilines is 1. The first-order valence-electron chi connectivity index (χ1n) is 18.3. The van der Waals surface area contributed by atoms with Crippen LogP contribution in [0, 0.1) is 17.8 Å². The van der Waals surface area contributed by atoms with Crippen LogP contribution in [-0.4, -0.2) is 10.6 Å². The van der Waals surface area contributed by atoms with Gasteiger partial charge in [0.05, 0.1) is 5.52 Å². The van der Waals surface area contributed by atoms with Gasteiger partial charge in [-0.3, -0.25) is 0 Å². The van der Waals surface area contributed by atoms with Crippen LogP contribution in [0.5, 0.6) is 0 Å². The molecule has 4 unspecified atom stereocenters. The molecule has 4 aliphatic carbocycles. The van der Waals surface area contributed by atoms with Gasteiger partial charge in [0, 0.05) is 45.7 Å². The minimum Gasteiger partial charge on any atom is -0.341 e. The number of benzene rings is 4. The Labute approximate surface area is 291 Å². The molecule has 2 heteroatoms. The lowest BCUT2D eigenvalue weighted by atomic mass is 9.72. The van der Waals surface area contributed by atoms with Crippen LogP contribution >= 0.6 is 0 Å². The number of rotatable bonds is 6. The predicted molar refractivity (Wildman–Crippen MR) is 208 cm³/mol. The molecular weight excluding hydrogens is 593 g/mol. The maximum Gasteiger partial charge on any atom is 0.0537 e. The smallest absolute Gasteiger partial charge is 0.0537 e. The highest BCUT2D eigenvalue weighted by Crippen LogP contribution is 2.43. The summed E-state index contributed by atoms with van der Waals surface area (Å²) in [7, 11) is 0. The van der Waals surface area contributed by atoms with Gasteiger partial charge >= 0.3 is 0 Å². The van der Waals surface area contributed by atoms with E-state index in [0.717, 1.165) is 19.3 Å². The lowest BCUT2D eigenvalue weighted by molar-refractivity contribution is 0.281. The van der Waals surface area contributed by atoms with Crippen molar-refractivity contribution in [3.8, 4) is 16.8 Å². The Balaban J connectivity index is 1.01. The Hall–Kier alpha value is -5.08. The van der Waals surface area contributed by atoms with Gasteiger partial charge in [-0.05, 0) is 109 Å². The van der Waals surface area contributed by atoms with E-state index in [-0.39, 0.29) is 0 Å². The summed E-state index contributed by atoms with van der Waals surface area (Å²) in [5.74, 6) is 1.72. The Morgan fingerprint density at radius 1 is 0.694 bits per heavy atom. The molecular formula is C47H44N2. The van der Waals surface area contributed by atoms with Gasteiger partial charge in [-0.15, -0.1) is 0 Å². The van der Waals surface area contributed by atoms with E-state index in [9.17, 15) is 0 Å². The van der Waals surface area contributed by atoms with Crippen molar-refractivity contribution in [1.82, 2.24) is 4.57 Å². The van der Waals surface area contributed by atoms with Crippen molar-refractivity contribution in [1.29, 1.82) is 0 Å².